The minimum atomic E-state index is -4.68. The lowest BCUT2D eigenvalue weighted by molar-refractivity contribution is -0.274. The molecule has 2 unspecified atom stereocenters. The first-order valence-corrected chi connectivity index (χ1v) is 6.89. The zero-order valence-corrected chi connectivity index (χ0v) is 12.5. The number of carbonyl (C=O) groups excluding carboxylic acids is 1. The van der Waals surface area contributed by atoms with Crippen molar-refractivity contribution in [3.8, 4) is 5.75 Å². The maximum Gasteiger partial charge on any atom is 0.573 e. The van der Waals surface area contributed by atoms with Crippen LogP contribution in [-0.4, -0.2) is 25.5 Å². The van der Waals surface area contributed by atoms with Crippen molar-refractivity contribution in [2.24, 2.45) is 11.7 Å². The Balaban J connectivity index is 2.43. The number of ether oxygens (including phenoxy) is 2. The molecule has 0 heterocycles. The van der Waals surface area contributed by atoms with Gasteiger partial charge >= 0.3 is 12.3 Å². The van der Waals surface area contributed by atoms with Crippen molar-refractivity contribution in [3.63, 3.8) is 0 Å². The smallest absolute Gasteiger partial charge is 0.468 e. The van der Waals surface area contributed by atoms with E-state index in [1.54, 1.807) is 12.1 Å². The molecule has 0 saturated heterocycles. The van der Waals surface area contributed by atoms with E-state index in [9.17, 15) is 18.0 Å². The summed E-state index contributed by atoms with van der Waals surface area (Å²) in [6.07, 6.45) is -2.73. The van der Waals surface area contributed by atoms with Crippen LogP contribution in [0.15, 0.2) is 24.3 Å². The number of carbonyl (C=O) groups is 1. The lowest BCUT2D eigenvalue weighted by atomic mass is 9.95. The zero-order chi connectivity index (χ0) is 16.8. The topological polar surface area (TPSA) is 61.5 Å². The van der Waals surface area contributed by atoms with Gasteiger partial charge in [-0.2, -0.15) is 0 Å². The van der Waals surface area contributed by atoms with E-state index in [0.29, 0.717) is 12.8 Å². The predicted molar refractivity (Wildman–Crippen MR) is 75.2 cm³/mol. The molecule has 2 N–H and O–H groups in total. The highest BCUT2D eigenvalue weighted by Crippen LogP contribution is 2.23. The first kappa shape index (κ1) is 18.3. The number of hydrogen-bond acceptors (Lipinski definition) is 4. The fourth-order valence-electron chi connectivity index (χ4n) is 2.07. The monoisotopic (exact) mass is 319 g/mol. The van der Waals surface area contributed by atoms with Crippen LogP contribution in [0.4, 0.5) is 13.2 Å². The van der Waals surface area contributed by atoms with Gasteiger partial charge in [0.15, 0.2) is 0 Å². The Labute approximate surface area is 127 Å². The molecule has 0 bridgehead atoms. The number of aryl methyl sites for hydroxylation is 1. The fourth-order valence-corrected chi connectivity index (χ4v) is 2.07. The third-order valence-electron chi connectivity index (χ3n) is 3.24. The Morgan fingerprint density at radius 1 is 1.27 bits per heavy atom. The van der Waals surface area contributed by atoms with Gasteiger partial charge in [0.1, 0.15) is 11.8 Å². The van der Waals surface area contributed by atoms with Crippen LogP contribution in [0.1, 0.15) is 25.3 Å². The summed E-state index contributed by atoms with van der Waals surface area (Å²) < 4.78 is 44.5. The van der Waals surface area contributed by atoms with Gasteiger partial charge in [-0.3, -0.25) is 4.79 Å². The lowest BCUT2D eigenvalue weighted by Crippen LogP contribution is -2.33. The van der Waals surface area contributed by atoms with Crippen LogP contribution in [0.5, 0.6) is 5.75 Å². The van der Waals surface area contributed by atoms with E-state index >= 15 is 0 Å². The van der Waals surface area contributed by atoms with Crippen LogP contribution >= 0.6 is 0 Å². The maximum absolute atomic E-state index is 12.0. The van der Waals surface area contributed by atoms with Gasteiger partial charge in [0.05, 0.1) is 7.11 Å². The minimum absolute atomic E-state index is 0.195. The molecule has 0 radical (unpaired) electrons. The molecule has 1 aromatic carbocycles. The van der Waals surface area contributed by atoms with Crippen LogP contribution in [-0.2, 0) is 16.0 Å². The number of rotatable bonds is 7. The maximum atomic E-state index is 12.0. The van der Waals surface area contributed by atoms with E-state index in [1.807, 2.05) is 6.92 Å². The molecule has 1 rings (SSSR count). The molecule has 0 saturated carbocycles. The predicted octanol–water partition coefficient (Wildman–Crippen LogP) is 3.04. The van der Waals surface area contributed by atoms with Crippen molar-refractivity contribution in [3.05, 3.63) is 29.8 Å². The molecule has 0 amide bonds. The average Bonchev–Trinajstić information content (AvgIpc) is 2.44. The third-order valence-corrected chi connectivity index (χ3v) is 3.24. The highest BCUT2D eigenvalue weighted by molar-refractivity contribution is 5.75. The first-order chi connectivity index (χ1) is 10.2. The summed E-state index contributed by atoms with van der Waals surface area (Å²) in [6, 6.07) is 5.10. The summed E-state index contributed by atoms with van der Waals surface area (Å²) >= 11 is 0. The largest absolute Gasteiger partial charge is 0.573 e. The number of methoxy groups -OCH3 is 1. The molecule has 0 aliphatic carbocycles. The summed E-state index contributed by atoms with van der Waals surface area (Å²) in [6.45, 7) is 1.96. The third kappa shape index (κ3) is 6.80. The second-order valence-corrected chi connectivity index (χ2v) is 5.20. The Hall–Kier alpha value is -1.76. The number of hydrogen-bond donors (Lipinski definition) is 1. The van der Waals surface area contributed by atoms with E-state index in [4.69, 9.17) is 5.73 Å². The lowest BCUT2D eigenvalue weighted by Gasteiger charge is -2.15. The highest BCUT2D eigenvalue weighted by atomic mass is 19.4. The van der Waals surface area contributed by atoms with E-state index < -0.39 is 18.4 Å². The standard InChI is InChI=1S/C15H20F3NO3/c1-10(9-13(19)14(20)21-2)3-4-11-5-7-12(8-6-11)22-15(16,17)18/h5-8,10,13H,3-4,9,19H2,1-2H3. The second kappa shape index (κ2) is 8.03. The summed E-state index contributed by atoms with van der Waals surface area (Å²) in [7, 11) is 1.29. The summed E-state index contributed by atoms with van der Waals surface area (Å²) in [5.74, 6) is -0.488. The van der Waals surface area contributed by atoms with Crippen molar-refractivity contribution in [2.75, 3.05) is 7.11 Å². The Morgan fingerprint density at radius 3 is 2.36 bits per heavy atom. The van der Waals surface area contributed by atoms with Crippen LogP contribution in [0.2, 0.25) is 0 Å². The molecule has 2 atom stereocenters. The molecule has 1 aromatic rings. The van der Waals surface area contributed by atoms with Gasteiger partial charge in [0, 0.05) is 0 Å². The van der Waals surface area contributed by atoms with E-state index in [2.05, 4.69) is 9.47 Å². The SMILES string of the molecule is COC(=O)C(N)CC(C)CCc1ccc(OC(F)(F)F)cc1. The number of nitrogens with two attached hydrogens (primary N) is 1. The number of halogens is 3. The second-order valence-electron chi connectivity index (χ2n) is 5.20. The number of alkyl halides is 3. The van der Waals surface area contributed by atoms with Crippen molar-refractivity contribution in [2.45, 2.75) is 38.6 Å². The average molecular weight is 319 g/mol. The van der Waals surface area contributed by atoms with Crippen LogP contribution in [0, 0.1) is 5.92 Å². The molecular weight excluding hydrogens is 299 g/mol. The Bertz CT molecular complexity index is 474. The van der Waals surface area contributed by atoms with E-state index in [0.717, 1.165) is 12.0 Å². The molecule has 0 spiro atoms. The normalized spacial score (nSPS) is 14.3. The van der Waals surface area contributed by atoms with E-state index in [1.165, 1.54) is 19.2 Å². The first-order valence-electron chi connectivity index (χ1n) is 6.89. The van der Waals surface area contributed by atoms with Crippen molar-refractivity contribution < 1.29 is 27.4 Å². The molecule has 22 heavy (non-hydrogen) atoms. The van der Waals surface area contributed by atoms with Gasteiger partial charge in [-0.05, 0) is 42.9 Å². The van der Waals surface area contributed by atoms with Gasteiger partial charge in [-0.1, -0.05) is 19.1 Å². The highest BCUT2D eigenvalue weighted by Gasteiger charge is 2.30. The molecule has 4 nitrogen and oxygen atoms in total. The number of benzene rings is 1. The summed E-state index contributed by atoms with van der Waals surface area (Å²) in [5, 5.41) is 0. The minimum Gasteiger partial charge on any atom is -0.468 e. The molecular formula is C15H20F3NO3. The van der Waals surface area contributed by atoms with Crippen LogP contribution < -0.4 is 10.5 Å². The van der Waals surface area contributed by atoms with E-state index in [-0.39, 0.29) is 11.7 Å². The fraction of sp³-hybridized carbons (Fsp3) is 0.533. The van der Waals surface area contributed by atoms with Crippen molar-refractivity contribution in [1.29, 1.82) is 0 Å². The van der Waals surface area contributed by atoms with Crippen molar-refractivity contribution in [1.82, 2.24) is 0 Å². The van der Waals surface area contributed by atoms with Crippen LogP contribution in [0.3, 0.4) is 0 Å². The molecule has 0 aliphatic rings. The van der Waals surface area contributed by atoms with Gasteiger partial charge in [0.25, 0.3) is 0 Å². The van der Waals surface area contributed by atoms with Gasteiger partial charge in [-0.15, -0.1) is 13.2 Å². The van der Waals surface area contributed by atoms with Crippen molar-refractivity contribution >= 4 is 5.97 Å². The molecule has 124 valence electrons. The van der Waals surface area contributed by atoms with Gasteiger partial charge in [0.2, 0.25) is 0 Å². The molecule has 7 heteroatoms. The number of esters is 1. The molecule has 0 aromatic heterocycles. The Morgan fingerprint density at radius 2 is 1.86 bits per heavy atom. The van der Waals surface area contributed by atoms with Crippen LogP contribution in [0.25, 0.3) is 0 Å². The molecule has 0 fully saturated rings. The van der Waals surface area contributed by atoms with Gasteiger partial charge < -0.3 is 15.2 Å². The van der Waals surface area contributed by atoms with Gasteiger partial charge in [-0.25, -0.2) is 0 Å². The Kier molecular flexibility index (Phi) is 6.67. The summed E-state index contributed by atoms with van der Waals surface area (Å²) in [4.78, 5) is 11.2. The summed E-state index contributed by atoms with van der Waals surface area (Å²) in [5.41, 5.74) is 6.57. The quantitative estimate of drug-likeness (QED) is 0.785. The molecule has 0 aliphatic heterocycles. The zero-order valence-electron chi connectivity index (χ0n) is 12.5.